The number of nitrogens with one attached hydrogen (secondary N) is 1. The summed E-state index contributed by atoms with van der Waals surface area (Å²) in [6.07, 6.45) is -0.619. The number of nitrogens with zero attached hydrogens (tertiary/aromatic N) is 3. The van der Waals surface area contributed by atoms with Crippen molar-refractivity contribution in [3.63, 3.8) is 0 Å². The zero-order valence-corrected chi connectivity index (χ0v) is 10.5. The maximum absolute atomic E-state index is 9.31. The first-order valence-electron chi connectivity index (χ1n) is 4.83. The van der Waals surface area contributed by atoms with Crippen molar-refractivity contribution in [1.29, 1.82) is 15.8 Å². The van der Waals surface area contributed by atoms with Crippen LogP contribution < -0.4 is 5.32 Å². The molecule has 1 N–H and O–H groups in total. The molecule has 6 heteroatoms. The number of nitriles is 3. The average Bonchev–Trinajstić information content (AvgIpc) is 2.30. The first kappa shape index (κ1) is 13.3. The van der Waals surface area contributed by atoms with Crippen molar-refractivity contribution in [2.75, 3.05) is 7.11 Å². The molecular weight excluding hydrogens is 240 g/mol. The van der Waals surface area contributed by atoms with Crippen LogP contribution in [0.2, 0.25) is 0 Å². The molecule has 1 heterocycles. The van der Waals surface area contributed by atoms with E-state index in [2.05, 4.69) is 5.32 Å². The maximum Gasteiger partial charge on any atom is 0.190 e. The van der Waals surface area contributed by atoms with Gasteiger partial charge in [-0.1, -0.05) is 25.4 Å². The molecule has 5 nitrogen and oxygen atoms in total. The topological polar surface area (TPSA) is 92.6 Å². The van der Waals surface area contributed by atoms with Crippen molar-refractivity contribution in [3.05, 3.63) is 10.7 Å². The van der Waals surface area contributed by atoms with Crippen LogP contribution in [0.5, 0.6) is 0 Å². The van der Waals surface area contributed by atoms with Crippen LogP contribution in [0.15, 0.2) is 10.7 Å². The van der Waals surface area contributed by atoms with Gasteiger partial charge in [0.1, 0.15) is 17.5 Å². The Morgan fingerprint density at radius 1 is 1.29 bits per heavy atom. The standard InChI is InChI=1S/C11H11ClN4O/c1-10(2)9(17-3)16-8(12)7(4-13)11(10,5-14)6-15/h9,16H,1-3H3. The molecule has 0 amide bonds. The van der Waals surface area contributed by atoms with Crippen LogP contribution in [0.3, 0.4) is 0 Å². The Balaban J connectivity index is 3.61. The van der Waals surface area contributed by atoms with E-state index < -0.39 is 17.1 Å². The maximum atomic E-state index is 9.31. The van der Waals surface area contributed by atoms with E-state index in [1.807, 2.05) is 18.2 Å². The largest absolute Gasteiger partial charge is 0.361 e. The highest BCUT2D eigenvalue weighted by Gasteiger charge is 2.58. The zero-order valence-electron chi connectivity index (χ0n) is 9.71. The zero-order chi connectivity index (χ0) is 13.3. The van der Waals surface area contributed by atoms with Gasteiger partial charge in [-0.2, -0.15) is 15.8 Å². The fraction of sp³-hybridized carbons (Fsp3) is 0.545. The van der Waals surface area contributed by atoms with Gasteiger partial charge in [-0.25, -0.2) is 0 Å². The van der Waals surface area contributed by atoms with Crippen LogP contribution in [0.1, 0.15) is 13.8 Å². The molecule has 0 saturated heterocycles. The van der Waals surface area contributed by atoms with Crippen molar-refractivity contribution >= 4 is 11.6 Å². The first-order chi connectivity index (χ1) is 7.91. The summed E-state index contributed by atoms with van der Waals surface area (Å²) in [5.74, 6) is 0. The molecule has 17 heavy (non-hydrogen) atoms. The number of rotatable bonds is 1. The third-order valence-electron chi connectivity index (χ3n) is 3.16. The fourth-order valence-electron chi connectivity index (χ4n) is 1.96. The number of hydrogen-bond donors (Lipinski definition) is 1. The van der Waals surface area contributed by atoms with E-state index in [4.69, 9.17) is 21.6 Å². The number of hydrogen-bond acceptors (Lipinski definition) is 5. The highest BCUT2D eigenvalue weighted by molar-refractivity contribution is 6.30. The lowest BCUT2D eigenvalue weighted by atomic mass is 9.61. The lowest BCUT2D eigenvalue weighted by molar-refractivity contribution is -0.0462. The minimum absolute atomic E-state index is 0.0122. The van der Waals surface area contributed by atoms with Crippen LogP contribution in [0.25, 0.3) is 0 Å². The number of allylic oxidation sites excluding steroid dienone is 1. The van der Waals surface area contributed by atoms with Gasteiger partial charge in [0.05, 0.1) is 17.7 Å². The Hall–Kier alpha value is -1.74. The van der Waals surface area contributed by atoms with E-state index in [1.165, 1.54) is 7.11 Å². The predicted octanol–water partition coefficient (Wildman–Crippen LogP) is 1.60. The van der Waals surface area contributed by atoms with E-state index in [1.54, 1.807) is 13.8 Å². The van der Waals surface area contributed by atoms with Crippen molar-refractivity contribution in [3.8, 4) is 18.2 Å². The summed E-state index contributed by atoms with van der Waals surface area (Å²) in [5, 5.41) is 30.5. The molecule has 0 aromatic heterocycles. The van der Waals surface area contributed by atoms with Crippen molar-refractivity contribution in [2.45, 2.75) is 20.1 Å². The van der Waals surface area contributed by atoms with Gasteiger partial charge in [0.15, 0.2) is 5.41 Å². The Labute approximate surface area is 105 Å². The highest BCUT2D eigenvalue weighted by atomic mass is 35.5. The molecule has 0 aliphatic carbocycles. The molecule has 1 unspecified atom stereocenters. The second-order valence-corrected chi connectivity index (χ2v) is 4.63. The van der Waals surface area contributed by atoms with Gasteiger partial charge in [0.25, 0.3) is 0 Å². The molecule has 0 saturated carbocycles. The van der Waals surface area contributed by atoms with Gasteiger partial charge in [0, 0.05) is 12.5 Å². The molecule has 1 aliphatic heterocycles. The summed E-state index contributed by atoms with van der Waals surface area (Å²) in [7, 11) is 1.44. The number of ether oxygens (including phenoxy) is 1. The Bertz CT molecular complexity index is 475. The predicted molar refractivity (Wildman–Crippen MR) is 59.9 cm³/mol. The van der Waals surface area contributed by atoms with Crippen LogP contribution >= 0.6 is 11.6 Å². The smallest absolute Gasteiger partial charge is 0.190 e. The lowest BCUT2D eigenvalue weighted by Crippen LogP contribution is -2.56. The molecular formula is C11H11ClN4O. The first-order valence-corrected chi connectivity index (χ1v) is 5.21. The molecule has 1 atom stereocenters. The Morgan fingerprint density at radius 3 is 2.18 bits per heavy atom. The number of methoxy groups -OCH3 is 1. The molecule has 0 aromatic carbocycles. The van der Waals surface area contributed by atoms with Gasteiger partial charge in [0.2, 0.25) is 0 Å². The van der Waals surface area contributed by atoms with E-state index in [0.717, 1.165) is 0 Å². The van der Waals surface area contributed by atoms with Crippen LogP contribution in [0.4, 0.5) is 0 Å². The minimum atomic E-state index is -1.62. The molecule has 1 aliphatic rings. The average molecular weight is 251 g/mol. The Morgan fingerprint density at radius 2 is 1.82 bits per heavy atom. The molecule has 0 spiro atoms. The van der Waals surface area contributed by atoms with Gasteiger partial charge in [-0.05, 0) is 0 Å². The summed E-state index contributed by atoms with van der Waals surface area (Å²) in [6, 6.07) is 5.65. The van der Waals surface area contributed by atoms with E-state index in [9.17, 15) is 10.5 Å². The third-order valence-corrected chi connectivity index (χ3v) is 3.46. The second-order valence-electron chi connectivity index (χ2n) is 4.26. The quantitative estimate of drug-likeness (QED) is 0.714. The molecule has 0 fully saturated rings. The van der Waals surface area contributed by atoms with Gasteiger partial charge < -0.3 is 10.1 Å². The van der Waals surface area contributed by atoms with Crippen LogP contribution in [-0.4, -0.2) is 13.3 Å². The summed E-state index contributed by atoms with van der Waals surface area (Å²) >= 11 is 5.89. The van der Waals surface area contributed by atoms with Crippen molar-refractivity contribution in [2.24, 2.45) is 10.8 Å². The van der Waals surface area contributed by atoms with Crippen molar-refractivity contribution < 1.29 is 4.74 Å². The number of halogens is 1. The SMILES string of the molecule is COC1NC(Cl)=C(C#N)C(C#N)(C#N)C1(C)C. The normalized spacial score (nSPS) is 25.1. The molecule has 0 radical (unpaired) electrons. The Kier molecular flexibility index (Phi) is 3.34. The monoisotopic (exact) mass is 250 g/mol. The van der Waals surface area contributed by atoms with Crippen LogP contribution in [0, 0.1) is 44.8 Å². The third kappa shape index (κ3) is 1.54. The lowest BCUT2D eigenvalue weighted by Gasteiger charge is -2.45. The van der Waals surface area contributed by atoms with E-state index >= 15 is 0 Å². The fourth-order valence-corrected chi connectivity index (χ4v) is 2.25. The van der Waals surface area contributed by atoms with Gasteiger partial charge in [-0.15, -0.1) is 0 Å². The second kappa shape index (κ2) is 4.26. The van der Waals surface area contributed by atoms with Gasteiger partial charge >= 0.3 is 0 Å². The highest BCUT2D eigenvalue weighted by Crippen LogP contribution is 2.50. The molecule has 0 bridgehead atoms. The minimum Gasteiger partial charge on any atom is -0.361 e. The van der Waals surface area contributed by atoms with E-state index in [0.29, 0.717) is 0 Å². The molecule has 88 valence electrons. The summed E-state index contributed by atoms with van der Waals surface area (Å²) < 4.78 is 5.19. The van der Waals surface area contributed by atoms with Gasteiger partial charge in [-0.3, -0.25) is 0 Å². The molecule has 0 aromatic rings. The van der Waals surface area contributed by atoms with Crippen LogP contribution in [-0.2, 0) is 4.74 Å². The summed E-state index contributed by atoms with van der Waals surface area (Å²) in [5.41, 5.74) is -2.60. The summed E-state index contributed by atoms with van der Waals surface area (Å²) in [6.45, 7) is 3.36. The molecule has 1 rings (SSSR count). The van der Waals surface area contributed by atoms with E-state index in [-0.39, 0.29) is 10.7 Å². The summed E-state index contributed by atoms with van der Waals surface area (Å²) in [4.78, 5) is 0. The van der Waals surface area contributed by atoms with Crippen molar-refractivity contribution in [1.82, 2.24) is 5.32 Å².